The van der Waals surface area contributed by atoms with Crippen LogP contribution in [0.1, 0.15) is 18.1 Å². The number of para-hydroxylation sites is 1. The van der Waals surface area contributed by atoms with Gasteiger partial charge < -0.3 is 9.52 Å². The molecule has 21 heavy (non-hydrogen) atoms. The zero-order valence-electron chi connectivity index (χ0n) is 12.1. The van der Waals surface area contributed by atoms with E-state index in [1.165, 1.54) is 0 Å². The minimum atomic E-state index is -0.833. The van der Waals surface area contributed by atoms with Gasteiger partial charge in [0.1, 0.15) is 11.2 Å². The molecule has 0 saturated heterocycles. The Morgan fingerprint density at radius 1 is 1.05 bits per heavy atom. The monoisotopic (exact) mass is 284 g/mol. The second-order valence-electron chi connectivity index (χ2n) is 4.83. The van der Waals surface area contributed by atoms with Gasteiger partial charge in [0.05, 0.1) is 10.8 Å². The zero-order valence-corrected chi connectivity index (χ0v) is 12.1. The van der Waals surface area contributed by atoms with Crippen molar-refractivity contribution in [2.45, 2.75) is 20.8 Å². The topological polar surface area (TPSA) is 67.5 Å². The highest BCUT2D eigenvalue weighted by atomic mass is 16.4. The molecular weight excluding hydrogens is 268 g/mol. The predicted octanol–water partition coefficient (Wildman–Crippen LogP) is 3.65. The van der Waals surface area contributed by atoms with Gasteiger partial charge in [-0.15, -0.1) is 0 Å². The molecule has 0 bridgehead atoms. The van der Waals surface area contributed by atoms with Gasteiger partial charge in [-0.2, -0.15) is 0 Å². The van der Waals surface area contributed by atoms with Crippen molar-refractivity contribution in [3.05, 3.63) is 57.7 Å². The molecule has 4 heteroatoms. The molecular formula is C17H16O4. The van der Waals surface area contributed by atoms with Gasteiger partial charge in [0, 0.05) is 6.92 Å². The Bertz CT molecular complexity index is 871. The molecule has 0 radical (unpaired) electrons. The third-order valence-corrected chi connectivity index (χ3v) is 3.27. The number of rotatable bonds is 0. The Balaban J connectivity index is 0.000000361. The molecule has 1 aromatic heterocycles. The Hall–Kier alpha value is -2.62. The molecule has 0 aliphatic rings. The van der Waals surface area contributed by atoms with Gasteiger partial charge >= 0.3 is 0 Å². The molecule has 4 nitrogen and oxygen atoms in total. The number of benzene rings is 2. The summed E-state index contributed by atoms with van der Waals surface area (Å²) in [6.45, 7) is 5.08. The fourth-order valence-electron chi connectivity index (χ4n) is 2.10. The lowest BCUT2D eigenvalue weighted by Crippen LogP contribution is -2.03. The SMILES string of the molecule is CC(=O)O.Cc1ccc2c(=O)c3ccccc3oc2c1C. The van der Waals surface area contributed by atoms with E-state index in [1.54, 1.807) is 6.07 Å². The summed E-state index contributed by atoms with van der Waals surface area (Å²) in [5, 5.41) is 8.72. The second-order valence-corrected chi connectivity index (χ2v) is 4.83. The Morgan fingerprint density at radius 2 is 1.67 bits per heavy atom. The van der Waals surface area contributed by atoms with Crippen LogP contribution in [0.4, 0.5) is 0 Å². The van der Waals surface area contributed by atoms with Gasteiger partial charge in [0.15, 0.2) is 0 Å². The van der Waals surface area contributed by atoms with Crippen molar-refractivity contribution in [2.75, 3.05) is 0 Å². The van der Waals surface area contributed by atoms with E-state index in [4.69, 9.17) is 14.3 Å². The van der Waals surface area contributed by atoms with Crippen molar-refractivity contribution in [3.8, 4) is 0 Å². The number of aryl methyl sites for hydroxylation is 2. The molecule has 2 aromatic carbocycles. The highest BCUT2D eigenvalue weighted by molar-refractivity contribution is 5.91. The number of fused-ring (bicyclic) bond motifs is 2. The van der Waals surface area contributed by atoms with E-state index in [0.717, 1.165) is 18.1 Å². The molecule has 3 aromatic rings. The number of carbonyl (C=O) groups is 1. The maximum Gasteiger partial charge on any atom is 0.300 e. The minimum Gasteiger partial charge on any atom is -0.481 e. The average Bonchev–Trinajstić information content (AvgIpc) is 2.43. The molecule has 0 saturated carbocycles. The van der Waals surface area contributed by atoms with E-state index in [9.17, 15) is 4.79 Å². The van der Waals surface area contributed by atoms with Crippen molar-refractivity contribution in [3.63, 3.8) is 0 Å². The van der Waals surface area contributed by atoms with E-state index >= 15 is 0 Å². The fourth-order valence-corrected chi connectivity index (χ4v) is 2.10. The van der Waals surface area contributed by atoms with Gasteiger partial charge in [0.2, 0.25) is 5.43 Å². The quantitative estimate of drug-likeness (QED) is 0.640. The van der Waals surface area contributed by atoms with Crippen LogP contribution in [-0.2, 0) is 4.79 Å². The summed E-state index contributed by atoms with van der Waals surface area (Å²) in [7, 11) is 0. The minimum absolute atomic E-state index is 0.0463. The molecule has 108 valence electrons. The van der Waals surface area contributed by atoms with Crippen molar-refractivity contribution in [1.82, 2.24) is 0 Å². The van der Waals surface area contributed by atoms with Crippen molar-refractivity contribution in [1.29, 1.82) is 0 Å². The lowest BCUT2D eigenvalue weighted by atomic mass is 10.0. The second kappa shape index (κ2) is 5.79. The maximum atomic E-state index is 12.3. The Labute approximate surface area is 121 Å². The van der Waals surface area contributed by atoms with Gasteiger partial charge in [-0.05, 0) is 43.2 Å². The maximum absolute atomic E-state index is 12.3. The van der Waals surface area contributed by atoms with Crippen LogP contribution in [0.25, 0.3) is 21.9 Å². The molecule has 0 amide bonds. The zero-order chi connectivity index (χ0) is 15.6. The first-order valence-corrected chi connectivity index (χ1v) is 6.53. The Kier molecular flexibility index (Phi) is 4.08. The Morgan fingerprint density at radius 3 is 2.33 bits per heavy atom. The summed E-state index contributed by atoms with van der Waals surface area (Å²) in [6, 6.07) is 11.2. The number of carboxylic acid groups (broad SMARTS) is 1. The van der Waals surface area contributed by atoms with Crippen LogP contribution in [0.5, 0.6) is 0 Å². The fraction of sp³-hybridized carbons (Fsp3) is 0.176. The van der Waals surface area contributed by atoms with Crippen LogP contribution in [0, 0.1) is 13.8 Å². The normalized spacial score (nSPS) is 10.2. The van der Waals surface area contributed by atoms with Crippen LogP contribution < -0.4 is 5.43 Å². The third-order valence-electron chi connectivity index (χ3n) is 3.27. The summed E-state index contributed by atoms with van der Waals surface area (Å²) >= 11 is 0. The number of aliphatic carboxylic acids is 1. The molecule has 1 heterocycles. The van der Waals surface area contributed by atoms with Gasteiger partial charge in [-0.3, -0.25) is 9.59 Å². The summed E-state index contributed by atoms with van der Waals surface area (Å²) in [5.41, 5.74) is 3.57. The van der Waals surface area contributed by atoms with Crippen LogP contribution in [-0.4, -0.2) is 11.1 Å². The van der Waals surface area contributed by atoms with Crippen LogP contribution >= 0.6 is 0 Å². The summed E-state index contributed by atoms with van der Waals surface area (Å²) < 4.78 is 5.84. The lowest BCUT2D eigenvalue weighted by molar-refractivity contribution is -0.134. The van der Waals surface area contributed by atoms with Gasteiger partial charge in [-0.1, -0.05) is 18.2 Å². The summed E-state index contributed by atoms with van der Waals surface area (Å²) in [6.07, 6.45) is 0. The molecule has 1 N–H and O–H groups in total. The number of hydrogen-bond donors (Lipinski definition) is 1. The number of hydrogen-bond acceptors (Lipinski definition) is 3. The van der Waals surface area contributed by atoms with Crippen molar-refractivity contribution < 1.29 is 14.3 Å². The molecule has 0 unspecified atom stereocenters. The molecule has 0 aliphatic heterocycles. The first-order valence-electron chi connectivity index (χ1n) is 6.53. The lowest BCUT2D eigenvalue weighted by Gasteiger charge is -2.05. The van der Waals surface area contributed by atoms with E-state index in [0.29, 0.717) is 21.9 Å². The summed E-state index contributed by atoms with van der Waals surface area (Å²) in [4.78, 5) is 21.3. The van der Waals surface area contributed by atoms with Crippen LogP contribution in [0.15, 0.2) is 45.6 Å². The first-order chi connectivity index (χ1) is 9.91. The third kappa shape index (κ3) is 2.94. The van der Waals surface area contributed by atoms with Crippen LogP contribution in [0.3, 0.4) is 0 Å². The first kappa shape index (κ1) is 14.8. The van der Waals surface area contributed by atoms with Gasteiger partial charge in [-0.25, -0.2) is 0 Å². The van der Waals surface area contributed by atoms with E-state index < -0.39 is 5.97 Å². The van der Waals surface area contributed by atoms with E-state index in [-0.39, 0.29) is 5.43 Å². The molecule has 0 spiro atoms. The molecule has 3 rings (SSSR count). The molecule has 0 atom stereocenters. The highest BCUT2D eigenvalue weighted by Crippen LogP contribution is 2.23. The van der Waals surface area contributed by atoms with Crippen molar-refractivity contribution >= 4 is 27.9 Å². The van der Waals surface area contributed by atoms with Gasteiger partial charge in [0.25, 0.3) is 5.97 Å². The van der Waals surface area contributed by atoms with E-state index in [1.807, 2.05) is 44.2 Å². The smallest absolute Gasteiger partial charge is 0.300 e. The largest absolute Gasteiger partial charge is 0.481 e. The highest BCUT2D eigenvalue weighted by Gasteiger charge is 2.09. The predicted molar refractivity (Wildman–Crippen MR) is 82.8 cm³/mol. The standard InChI is InChI=1S/C15H12O2.C2H4O2/c1-9-7-8-12-14(16)11-5-3-4-6-13(11)17-15(12)10(9)2;1-2(3)4/h3-8H,1-2H3;1H3,(H,3,4). The molecule has 0 aliphatic carbocycles. The van der Waals surface area contributed by atoms with Crippen molar-refractivity contribution in [2.24, 2.45) is 0 Å². The number of carboxylic acids is 1. The summed E-state index contributed by atoms with van der Waals surface area (Å²) in [5.74, 6) is -0.833. The van der Waals surface area contributed by atoms with Crippen LogP contribution in [0.2, 0.25) is 0 Å². The molecule has 0 fully saturated rings. The van der Waals surface area contributed by atoms with E-state index in [2.05, 4.69) is 0 Å². The average molecular weight is 284 g/mol.